The molecule has 1 aliphatic heterocycles. The number of nitrogens with one attached hydrogen (secondary N) is 2. The van der Waals surface area contributed by atoms with E-state index in [1.165, 1.54) is 11.1 Å². The summed E-state index contributed by atoms with van der Waals surface area (Å²) in [5.41, 5.74) is 4.96. The number of H-pyrrole nitrogens is 2. The first-order valence-corrected chi connectivity index (χ1v) is 7.91. The van der Waals surface area contributed by atoms with Crippen molar-refractivity contribution in [2.45, 2.75) is 33.9 Å². The maximum Gasteiger partial charge on any atom is 0.270 e. The van der Waals surface area contributed by atoms with Crippen LogP contribution in [0.3, 0.4) is 0 Å². The number of rotatable bonds is 1. The lowest BCUT2D eigenvalue weighted by molar-refractivity contribution is 0.0745. The first-order chi connectivity index (χ1) is 11.4. The van der Waals surface area contributed by atoms with Crippen LogP contribution in [0.5, 0.6) is 0 Å². The van der Waals surface area contributed by atoms with E-state index in [9.17, 15) is 9.59 Å². The van der Waals surface area contributed by atoms with Crippen LogP contribution in [-0.4, -0.2) is 25.8 Å². The van der Waals surface area contributed by atoms with Crippen molar-refractivity contribution in [1.82, 2.24) is 19.9 Å². The van der Waals surface area contributed by atoms with Gasteiger partial charge in [0.15, 0.2) is 0 Å². The summed E-state index contributed by atoms with van der Waals surface area (Å²) in [6.07, 6.45) is 0. The van der Waals surface area contributed by atoms with E-state index >= 15 is 0 Å². The molecule has 2 N–H and O–H groups in total. The average Bonchev–Trinajstić information content (AvgIpc) is 3.14. The fourth-order valence-corrected chi connectivity index (χ4v) is 3.28. The second kappa shape index (κ2) is 5.06. The number of aromatic nitrogens is 3. The number of amides is 1. The Labute approximate surface area is 138 Å². The van der Waals surface area contributed by atoms with E-state index in [2.05, 4.69) is 28.8 Å². The Morgan fingerprint density at radius 3 is 2.75 bits per heavy atom. The SMILES string of the molecule is Cc1nc2c(c(=O)[nH]1)CN(C(=O)c1cc3c(C)c(C)ccc3[nH]1)C2. The van der Waals surface area contributed by atoms with Crippen LogP contribution in [0, 0.1) is 20.8 Å². The van der Waals surface area contributed by atoms with Gasteiger partial charge in [-0.05, 0) is 44.0 Å². The summed E-state index contributed by atoms with van der Waals surface area (Å²) in [5.74, 6) is 0.461. The zero-order valence-corrected chi connectivity index (χ0v) is 13.9. The molecule has 3 heterocycles. The van der Waals surface area contributed by atoms with Crippen LogP contribution in [0.4, 0.5) is 0 Å². The van der Waals surface area contributed by atoms with Gasteiger partial charge in [-0.1, -0.05) is 6.07 Å². The molecule has 0 aliphatic carbocycles. The molecule has 0 saturated carbocycles. The molecule has 6 nitrogen and oxygen atoms in total. The van der Waals surface area contributed by atoms with Gasteiger partial charge in [0.2, 0.25) is 0 Å². The first-order valence-electron chi connectivity index (χ1n) is 7.91. The summed E-state index contributed by atoms with van der Waals surface area (Å²) in [6, 6.07) is 5.93. The zero-order valence-electron chi connectivity index (χ0n) is 13.9. The van der Waals surface area contributed by atoms with Gasteiger partial charge in [0, 0.05) is 10.9 Å². The van der Waals surface area contributed by atoms with Crippen molar-refractivity contribution < 1.29 is 4.79 Å². The van der Waals surface area contributed by atoms with Gasteiger partial charge in [-0.3, -0.25) is 9.59 Å². The Balaban J connectivity index is 1.69. The molecule has 2 aromatic heterocycles. The van der Waals surface area contributed by atoms with Crippen molar-refractivity contribution in [3.8, 4) is 0 Å². The van der Waals surface area contributed by atoms with Crippen LogP contribution in [0.2, 0.25) is 0 Å². The molecule has 24 heavy (non-hydrogen) atoms. The molecule has 122 valence electrons. The predicted molar refractivity (Wildman–Crippen MR) is 90.9 cm³/mol. The van der Waals surface area contributed by atoms with Gasteiger partial charge in [0.05, 0.1) is 24.3 Å². The fraction of sp³-hybridized carbons (Fsp3) is 0.278. The van der Waals surface area contributed by atoms with Gasteiger partial charge in [0.25, 0.3) is 11.5 Å². The summed E-state index contributed by atoms with van der Waals surface area (Å²) in [6.45, 7) is 6.52. The number of aromatic amines is 2. The Hall–Kier alpha value is -2.89. The molecular weight excluding hydrogens is 304 g/mol. The monoisotopic (exact) mass is 322 g/mol. The average molecular weight is 322 g/mol. The molecule has 0 atom stereocenters. The Kier molecular flexibility index (Phi) is 3.09. The second-order valence-corrected chi connectivity index (χ2v) is 6.39. The highest BCUT2D eigenvalue weighted by molar-refractivity contribution is 5.99. The van der Waals surface area contributed by atoms with E-state index < -0.39 is 0 Å². The lowest BCUT2D eigenvalue weighted by atomic mass is 10.1. The topological polar surface area (TPSA) is 81.8 Å². The maximum atomic E-state index is 12.8. The summed E-state index contributed by atoms with van der Waals surface area (Å²) in [4.78, 5) is 36.7. The molecule has 0 bridgehead atoms. The van der Waals surface area contributed by atoms with Crippen molar-refractivity contribution >= 4 is 16.8 Å². The van der Waals surface area contributed by atoms with E-state index in [1.807, 2.05) is 18.2 Å². The molecule has 0 unspecified atom stereocenters. The molecule has 4 rings (SSSR count). The zero-order chi connectivity index (χ0) is 17.0. The summed E-state index contributed by atoms with van der Waals surface area (Å²) >= 11 is 0. The van der Waals surface area contributed by atoms with Crippen molar-refractivity contribution in [1.29, 1.82) is 0 Å². The highest BCUT2D eigenvalue weighted by Crippen LogP contribution is 2.25. The Morgan fingerprint density at radius 1 is 1.17 bits per heavy atom. The third-order valence-electron chi connectivity index (χ3n) is 4.77. The van der Waals surface area contributed by atoms with E-state index in [0.717, 1.165) is 10.9 Å². The molecule has 0 radical (unpaired) electrons. The van der Waals surface area contributed by atoms with E-state index in [4.69, 9.17) is 0 Å². The maximum absolute atomic E-state index is 12.8. The number of carbonyl (C=O) groups is 1. The lowest BCUT2D eigenvalue weighted by Crippen LogP contribution is -2.26. The fourth-order valence-electron chi connectivity index (χ4n) is 3.28. The van der Waals surface area contributed by atoms with Gasteiger partial charge in [-0.25, -0.2) is 4.98 Å². The molecule has 0 fully saturated rings. The Morgan fingerprint density at radius 2 is 1.96 bits per heavy atom. The van der Waals surface area contributed by atoms with Gasteiger partial charge >= 0.3 is 0 Å². The normalized spacial score (nSPS) is 13.5. The smallest absolute Gasteiger partial charge is 0.270 e. The molecule has 0 saturated heterocycles. The summed E-state index contributed by atoms with van der Waals surface area (Å²) in [5, 5.41) is 1.06. The van der Waals surface area contributed by atoms with Gasteiger partial charge in [-0.2, -0.15) is 0 Å². The van der Waals surface area contributed by atoms with Gasteiger partial charge < -0.3 is 14.9 Å². The van der Waals surface area contributed by atoms with Crippen LogP contribution in [0.1, 0.15) is 38.7 Å². The van der Waals surface area contributed by atoms with Gasteiger partial charge in [-0.15, -0.1) is 0 Å². The number of aryl methyl sites for hydroxylation is 3. The van der Waals surface area contributed by atoms with E-state index in [1.54, 1.807) is 11.8 Å². The number of carbonyl (C=O) groups excluding carboxylic acids is 1. The number of hydrogen-bond donors (Lipinski definition) is 2. The van der Waals surface area contributed by atoms with Gasteiger partial charge in [0.1, 0.15) is 11.5 Å². The lowest BCUT2D eigenvalue weighted by Gasteiger charge is -2.13. The van der Waals surface area contributed by atoms with Crippen LogP contribution < -0.4 is 5.56 Å². The van der Waals surface area contributed by atoms with Crippen LogP contribution in [-0.2, 0) is 13.1 Å². The molecule has 6 heteroatoms. The van der Waals surface area contributed by atoms with Crippen LogP contribution in [0.15, 0.2) is 23.0 Å². The highest BCUT2D eigenvalue weighted by atomic mass is 16.2. The number of benzene rings is 1. The van der Waals surface area contributed by atoms with Crippen molar-refractivity contribution in [3.05, 3.63) is 62.5 Å². The molecule has 1 amide bonds. The number of hydrogen-bond acceptors (Lipinski definition) is 3. The number of fused-ring (bicyclic) bond motifs is 2. The van der Waals surface area contributed by atoms with Crippen LogP contribution in [0.25, 0.3) is 10.9 Å². The van der Waals surface area contributed by atoms with E-state index in [0.29, 0.717) is 35.9 Å². The largest absolute Gasteiger partial charge is 0.351 e. The molecular formula is C18H18N4O2. The predicted octanol–water partition coefficient (Wildman–Crippen LogP) is 2.33. The third-order valence-corrected chi connectivity index (χ3v) is 4.77. The molecule has 1 aromatic carbocycles. The third kappa shape index (κ3) is 2.14. The quantitative estimate of drug-likeness (QED) is 0.721. The second-order valence-electron chi connectivity index (χ2n) is 6.39. The number of nitrogens with zero attached hydrogens (tertiary/aromatic N) is 2. The molecule has 3 aromatic rings. The van der Waals surface area contributed by atoms with E-state index in [-0.39, 0.29) is 11.5 Å². The summed E-state index contributed by atoms with van der Waals surface area (Å²) in [7, 11) is 0. The molecule has 0 spiro atoms. The minimum atomic E-state index is -0.157. The minimum absolute atomic E-state index is 0.113. The highest BCUT2D eigenvalue weighted by Gasteiger charge is 2.28. The minimum Gasteiger partial charge on any atom is -0.351 e. The van der Waals surface area contributed by atoms with Crippen LogP contribution >= 0.6 is 0 Å². The standard InChI is InChI=1S/C18H18N4O2/c1-9-4-5-14-12(10(9)2)6-15(21-14)18(24)22-7-13-16(8-22)19-11(3)20-17(13)23/h4-6,21H,7-8H2,1-3H3,(H,19,20,23). The van der Waals surface area contributed by atoms with Crippen molar-refractivity contribution in [3.63, 3.8) is 0 Å². The first kappa shape index (κ1) is 14.7. The van der Waals surface area contributed by atoms with Crippen molar-refractivity contribution in [2.24, 2.45) is 0 Å². The summed E-state index contributed by atoms with van der Waals surface area (Å²) < 4.78 is 0. The Bertz CT molecular complexity index is 1050. The molecule has 1 aliphatic rings. The van der Waals surface area contributed by atoms with Crippen molar-refractivity contribution in [2.75, 3.05) is 0 Å².